The Morgan fingerprint density at radius 2 is 2.06 bits per heavy atom. The Morgan fingerprint density at radius 3 is 2.88 bits per heavy atom. The highest BCUT2D eigenvalue weighted by Crippen LogP contribution is 2.16. The molecule has 0 aliphatic rings. The first kappa shape index (κ1) is 9.77. The summed E-state index contributed by atoms with van der Waals surface area (Å²) in [7, 11) is 0. The van der Waals surface area contributed by atoms with E-state index in [0.717, 1.165) is 16.5 Å². The van der Waals surface area contributed by atoms with Gasteiger partial charge in [-0.2, -0.15) is 0 Å². The summed E-state index contributed by atoms with van der Waals surface area (Å²) in [5, 5.41) is 8.82. The summed E-state index contributed by atoms with van der Waals surface area (Å²) in [6.07, 6.45) is 3.50. The molecule has 0 unspecified atom stereocenters. The number of pyridine rings is 1. The lowest BCUT2D eigenvalue weighted by molar-refractivity contribution is 0.652. The SMILES string of the molecule is Nc1cn(Cc2cccc3cccnc23)nn1. The minimum atomic E-state index is 0.429. The highest BCUT2D eigenvalue weighted by atomic mass is 15.4. The Balaban J connectivity index is 2.05. The van der Waals surface area contributed by atoms with Gasteiger partial charge in [0.15, 0.2) is 5.82 Å². The van der Waals surface area contributed by atoms with E-state index >= 15 is 0 Å². The first-order valence-corrected chi connectivity index (χ1v) is 5.31. The number of fused-ring (bicyclic) bond motifs is 1. The zero-order valence-electron chi connectivity index (χ0n) is 9.11. The summed E-state index contributed by atoms with van der Waals surface area (Å²) in [5.74, 6) is 0.429. The molecule has 17 heavy (non-hydrogen) atoms. The molecule has 0 atom stereocenters. The third-order valence-corrected chi connectivity index (χ3v) is 2.60. The molecular formula is C12H11N5. The summed E-state index contributed by atoms with van der Waals surface area (Å²) in [6.45, 7) is 0.624. The molecule has 0 spiro atoms. The second kappa shape index (κ2) is 3.86. The van der Waals surface area contributed by atoms with Crippen molar-refractivity contribution in [2.24, 2.45) is 0 Å². The van der Waals surface area contributed by atoms with Crippen molar-refractivity contribution in [1.82, 2.24) is 20.0 Å². The molecular weight excluding hydrogens is 214 g/mol. The van der Waals surface area contributed by atoms with Crippen LogP contribution in [0.4, 0.5) is 5.82 Å². The van der Waals surface area contributed by atoms with E-state index in [1.807, 2.05) is 30.3 Å². The van der Waals surface area contributed by atoms with Crippen LogP contribution < -0.4 is 5.73 Å². The van der Waals surface area contributed by atoms with Gasteiger partial charge in [-0.3, -0.25) is 4.98 Å². The van der Waals surface area contributed by atoms with Crippen LogP contribution in [0.1, 0.15) is 5.56 Å². The Labute approximate surface area is 97.9 Å². The number of hydrogen-bond donors (Lipinski definition) is 1. The van der Waals surface area contributed by atoms with Crippen LogP contribution in [-0.4, -0.2) is 20.0 Å². The maximum atomic E-state index is 5.53. The van der Waals surface area contributed by atoms with E-state index in [4.69, 9.17) is 5.73 Å². The zero-order valence-corrected chi connectivity index (χ0v) is 9.11. The Morgan fingerprint density at radius 1 is 1.18 bits per heavy atom. The Kier molecular flexibility index (Phi) is 2.22. The monoisotopic (exact) mass is 225 g/mol. The van der Waals surface area contributed by atoms with Crippen LogP contribution in [0, 0.1) is 0 Å². The van der Waals surface area contributed by atoms with Crippen LogP contribution in [0.2, 0.25) is 0 Å². The van der Waals surface area contributed by atoms with Crippen molar-refractivity contribution in [3.05, 3.63) is 48.3 Å². The number of hydrogen-bond acceptors (Lipinski definition) is 4. The first-order valence-electron chi connectivity index (χ1n) is 5.31. The van der Waals surface area contributed by atoms with Crippen molar-refractivity contribution in [1.29, 1.82) is 0 Å². The van der Waals surface area contributed by atoms with Crippen molar-refractivity contribution in [3.63, 3.8) is 0 Å². The van der Waals surface area contributed by atoms with Gasteiger partial charge in [-0.1, -0.05) is 29.5 Å². The predicted molar refractivity (Wildman–Crippen MR) is 65.3 cm³/mol. The van der Waals surface area contributed by atoms with Gasteiger partial charge in [0.2, 0.25) is 0 Å². The van der Waals surface area contributed by atoms with Gasteiger partial charge in [-0.15, -0.1) is 5.10 Å². The summed E-state index contributed by atoms with van der Waals surface area (Å²) in [6, 6.07) is 10.1. The highest BCUT2D eigenvalue weighted by molar-refractivity contribution is 5.81. The van der Waals surface area contributed by atoms with E-state index in [9.17, 15) is 0 Å². The molecule has 2 N–H and O–H groups in total. The van der Waals surface area contributed by atoms with E-state index in [-0.39, 0.29) is 0 Å². The van der Waals surface area contributed by atoms with E-state index in [1.165, 1.54) is 0 Å². The number of benzene rings is 1. The number of aromatic nitrogens is 4. The fourth-order valence-corrected chi connectivity index (χ4v) is 1.86. The molecule has 2 heterocycles. The second-order valence-electron chi connectivity index (χ2n) is 3.83. The third kappa shape index (κ3) is 1.82. The molecule has 3 rings (SSSR count). The summed E-state index contributed by atoms with van der Waals surface area (Å²) < 4.78 is 1.71. The lowest BCUT2D eigenvalue weighted by Crippen LogP contribution is -2.01. The van der Waals surface area contributed by atoms with Crippen molar-refractivity contribution in [2.45, 2.75) is 6.54 Å². The van der Waals surface area contributed by atoms with Gasteiger partial charge in [0.25, 0.3) is 0 Å². The molecule has 1 aromatic carbocycles. The molecule has 0 fully saturated rings. The largest absolute Gasteiger partial charge is 0.381 e. The van der Waals surface area contributed by atoms with Crippen molar-refractivity contribution in [2.75, 3.05) is 5.73 Å². The first-order chi connectivity index (χ1) is 8.33. The van der Waals surface area contributed by atoms with Crippen LogP contribution in [0.25, 0.3) is 10.9 Å². The van der Waals surface area contributed by atoms with Gasteiger partial charge < -0.3 is 5.73 Å². The topological polar surface area (TPSA) is 69.6 Å². The fourth-order valence-electron chi connectivity index (χ4n) is 1.86. The molecule has 0 bridgehead atoms. The summed E-state index contributed by atoms with van der Waals surface area (Å²) in [5.41, 5.74) is 7.63. The standard InChI is InChI=1S/C12H11N5/c13-11-8-17(16-15-11)7-10-4-1-3-9-5-2-6-14-12(9)10/h1-6,8H,7,13H2. The molecule has 84 valence electrons. The fraction of sp³-hybridized carbons (Fsp3) is 0.0833. The lowest BCUT2D eigenvalue weighted by atomic mass is 10.1. The third-order valence-electron chi connectivity index (χ3n) is 2.60. The predicted octanol–water partition coefficient (Wildman–Crippen LogP) is 1.46. The molecule has 5 nitrogen and oxygen atoms in total. The van der Waals surface area contributed by atoms with Crippen LogP contribution in [0.5, 0.6) is 0 Å². The average molecular weight is 225 g/mol. The highest BCUT2D eigenvalue weighted by Gasteiger charge is 2.03. The Hall–Kier alpha value is -2.43. The Bertz CT molecular complexity index is 653. The van der Waals surface area contributed by atoms with Gasteiger partial charge in [0.05, 0.1) is 18.3 Å². The number of nitrogen functional groups attached to an aromatic ring is 1. The maximum Gasteiger partial charge on any atom is 0.165 e. The van der Waals surface area contributed by atoms with E-state index in [2.05, 4.69) is 15.3 Å². The van der Waals surface area contributed by atoms with E-state index in [1.54, 1.807) is 17.1 Å². The molecule has 0 saturated heterocycles. The lowest BCUT2D eigenvalue weighted by Gasteiger charge is -2.04. The van der Waals surface area contributed by atoms with Crippen LogP contribution in [-0.2, 0) is 6.54 Å². The quantitative estimate of drug-likeness (QED) is 0.716. The molecule has 0 aliphatic heterocycles. The molecule has 2 aromatic heterocycles. The van der Waals surface area contributed by atoms with E-state index in [0.29, 0.717) is 12.4 Å². The van der Waals surface area contributed by atoms with Crippen molar-refractivity contribution >= 4 is 16.7 Å². The number of nitrogens with two attached hydrogens (primary N) is 1. The number of nitrogens with zero attached hydrogens (tertiary/aromatic N) is 4. The normalized spacial score (nSPS) is 10.8. The van der Waals surface area contributed by atoms with Crippen molar-refractivity contribution < 1.29 is 0 Å². The van der Waals surface area contributed by atoms with Crippen molar-refractivity contribution in [3.8, 4) is 0 Å². The van der Waals surface area contributed by atoms with Gasteiger partial charge >= 0.3 is 0 Å². The maximum absolute atomic E-state index is 5.53. The average Bonchev–Trinajstić information content (AvgIpc) is 2.75. The zero-order chi connectivity index (χ0) is 11.7. The molecule has 5 heteroatoms. The van der Waals surface area contributed by atoms with Gasteiger partial charge in [0.1, 0.15) is 0 Å². The minimum Gasteiger partial charge on any atom is -0.381 e. The minimum absolute atomic E-state index is 0.429. The van der Waals surface area contributed by atoms with Gasteiger partial charge in [0, 0.05) is 11.6 Å². The van der Waals surface area contributed by atoms with Crippen LogP contribution >= 0.6 is 0 Å². The molecule has 0 amide bonds. The number of rotatable bonds is 2. The van der Waals surface area contributed by atoms with Gasteiger partial charge in [-0.05, 0) is 11.6 Å². The molecule has 0 radical (unpaired) electrons. The molecule has 0 saturated carbocycles. The number of anilines is 1. The second-order valence-corrected chi connectivity index (χ2v) is 3.83. The molecule has 3 aromatic rings. The van der Waals surface area contributed by atoms with E-state index < -0.39 is 0 Å². The van der Waals surface area contributed by atoms with Gasteiger partial charge in [-0.25, -0.2) is 4.68 Å². The smallest absolute Gasteiger partial charge is 0.165 e. The van der Waals surface area contributed by atoms with Crippen LogP contribution in [0.3, 0.4) is 0 Å². The van der Waals surface area contributed by atoms with Crippen LogP contribution in [0.15, 0.2) is 42.7 Å². The summed E-state index contributed by atoms with van der Waals surface area (Å²) in [4.78, 5) is 4.39. The number of para-hydroxylation sites is 1. The summed E-state index contributed by atoms with van der Waals surface area (Å²) >= 11 is 0. The molecule has 0 aliphatic carbocycles.